The quantitative estimate of drug-likeness (QED) is 0.351. The van der Waals surface area contributed by atoms with Crippen LogP contribution < -0.4 is 0 Å². The van der Waals surface area contributed by atoms with E-state index in [-0.39, 0.29) is 0 Å². The van der Waals surface area contributed by atoms with Crippen molar-refractivity contribution in [1.82, 2.24) is 0 Å². The molecular formula is C15H30OSi. The number of unbranched alkanes of at least 4 members (excludes halogenated alkanes) is 3. The molecular weight excluding hydrogens is 224 g/mol. The molecule has 0 amide bonds. The predicted molar refractivity (Wildman–Crippen MR) is 79.8 cm³/mol. The monoisotopic (exact) mass is 254 g/mol. The van der Waals surface area contributed by atoms with Crippen molar-refractivity contribution in [2.45, 2.75) is 77.8 Å². The fraction of sp³-hybridized carbons (Fsp3) is 0.867. The van der Waals surface area contributed by atoms with Crippen LogP contribution in [-0.2, 0) is 4.43 Å². The molecule has 0 N–H and O–H groups in total. The van der Waals surface area contributed by atoms with Crippen molar-refractivity contribution < 1.29 is 4.43 Å². The van der Waals surface area contributed by atoms with Gasteiger partial charge in [0.1, 0.15) is 0 Å². The van der Waals surface area contributed by atoms with Gasteiger partial charge in [-0.3, -0.25) is 0 Å². The Labute approximate surface area is 110 Å². The molecule has 0 aromatic heterocycles. The van der Waals surface area contributed by atoms with Crippen molar-refractivity contribution in [2.24, 2.45) is 0 Å². The van der Waals surface area contributed by atoms with Gasteiger partial charge in [-0.25, -0.2) is 0 Å². The number of hydrogen-bond acceptors (Lipinski definition) is 1. The lowest BCUT2D eigenvalue weighted by Gasteiger charge is -2.22. The summed E-state index contributed by atoms with van der Waals surface area (Å²) in [4.78, 5) is 0. The maximum absolute atomic E-state index is 6.03. The number of rotatable bonds is 8. The Hall–Kier alpha value is -0.263. The summed E-state index contributed by atoms with van der Waals surface area (Å²) in [6.45, 7) is 12.2. The maximum atomic E-state index is 6.03. The van der Waals surface area contributed by atoms with E-state index in [2.05, 4.69) is 46.5 Å². The highest BCUT2D eigenvalue weighted by Crippen LogP contribution is 2.20. The second-order valence-corrected chi connectivity index (χ2v) is 9.31. The third-order valence-electron chi connectivity index (χ3n) is 2.88. The third-order valence-corrected chi connectivity index (χ3v) is 6.13. The van der Waals surface area contributed by atoms with Gasteiger partial charge in [-0.05, 0) is 17.5 Å². The molecule has 0 aromatic rings. The van der Waals surface area contributed by atoms with Crippen LogP contribution in [0.2, 0.25) is 11.1 Å². The van der Waals surface area contributed by atoms with Gasteiger partial charge in [0.2, 0.25) is 0 Å². The summed E-state index contributed by atoms with van der Waals surface area (Å²) < 4.78 is 6.03. The van der Waals surface area contributed by atoms with Crippen LogP contribution in [0.5, 0.6) is 0 Å². The van der Waals surface area contributed by atoms with Crippen LogP contribution in [0.15, 0.2) is 0 Å². The smallest absolute Gasteiger partial charge is 0.182 e. The zero-order chi connectivity index (χ0) is 13.1. The van der Waals surface area contributed by atoms with Crippen molar-refractivity contribution in [3.8, 4) is 11.8 Å². The van der Waals surface area contributed by atoms with Crippen LogP contribution in [0.3, 0.4) is 0 Å². The first-order valence-electron chi connectivity index (χ1n) is 7.16. The minimum Gasteiger partial charge on any atom is -0.419 e. The summed E-state index contributed by atoms with van der Waals surface area (Å²) in [5.74, 6) is 6.46. The van der Waals surface area contributed by atoms with E-state index in [1.807, 2.05) is 0 Å². The SMILES string of the molecule is CCCCCC#CCCO[SiH](C(C)C)C(C)C. The molecule has 0 aliphatic carbocycles. The maximum Gasteiger partial charge on any atom is 0.182 e. The molecule has 0 aromatic carbocycles. The zero-order valence-electron chi connectivity index (χ0n) is 12.4. The van der Waals surface area contributed by atoms with Gasteiger partial charge in [-0.15, -0.1) is 11.8 Å². The van der Waals surface area contributed by atoms with Gasteiger partial charge in [0, 0.05) is 19.4 Å². The Kier molecular flexibility index (Phi) is 10.7. The molecule has 0 aliphatic rings. The summed E-state index contributed by atoms with van der Waals surface area (Å²) in [6, 6.07) is 0. The van der Waals surface area contributed by atoms with Crippen LogP contribution in [0.1, 0.15) is 66.7 Å². The first-order chi connectivity index (χ1) is 8.09. The van der Waals surface area contributed by atoms with Crippen molar-refractivity contribution >= 4 is 9.04 Å². The molecule has 0 spiro atoms. The van der Waals surface area contributed by atoms with Crippen molar-refractivity contribution in [1.29, 1.82) is 0 Å². The van der Waals surface area contributed by atoms with E-state index in [0.717, 1.165) is 30.5 Å². The van der Waals surface area contributed by atoms with Gasteiger partial charge in [-0.1, -0.05) is 47.5 Å². The molecule has 0 saturated heterocycles. The molecule has 0 atom stereocenters. The van der Waals surface area contributed by atoms with Gasteiger partial charge >= 0.3 is 0 Å². The van der Waals surface area contributed by atoms with Gasteiger partial charge in [0.05, 0.1) is 0 Å². The predicted octanol–water partition coefficient (Wildman–Crippen LogP) is 4.52. The van der Waals surface area contributed by atoms with E-state index < -0.39 is 9.04 Å². The van der Waals surface area contributed by atoms with Crippen LogP contribution in [0.25, 0.3) is 0 Å². The largest absolute Gasteiger partial charge is 0.419 e. The number of hydrogen-bond donors (Lipinski definition) is 0. The molecule has 0 heterocycles. The highest BCUT2D eigenvalue weighted by molar-refractivity contribution is 6.54. The molecule has 0 radical (unpaired) electrons. The average Bonchev–Trinajstić information content (AvgIpc) is 2.26. The summed E-state index contributed by atoms with van der Waals surface area (Å²) in [6.07, 6.45) is 5.81. The fourth-order valence-corrected chi connectivity index (χ4v) is 4.74. The molecule has 0 saturated carbocycles. The summed E-state index contributed by atoms with van der Waals surface area (Å²) in [5.41, 5.74) is 1.46. The molecule has 100 valence electrons. The molecule has 0 unspecified atom stereocenters. The van der Waals surface area contributed by atoms with E-state index >= 15 is 0 Å². The molecule has 0 rings (SSSR count). The lowest BCUT2D eigenvalue weighted by Crippen LogP contribution is -2.25. The van der Waals surface area contributed by atoms with Crippen LogP contribution in [0.4, 0.5) is 0 Å². The van der Waals surface area contributed by atoms with Crippen molar-refractivity contribution in [3.63, 3.8) is 0 Å². The zero-order valence-corrected chi connectivity index (χ0v) is 13.5. The highest BCUT2D eigenvalue weighted by Gasteiger charge is 2.20. The second-order valence-electron chi connectivity index (χ2n) is 5.38. The summed E-state index contributed by atoms with van der Waals surface area (Å²) in [5, 5.41) is 0. The first-order valence-corrected chi connectivity index (χ1v) is 8.97. The molecule has 0 fully saturated rings. The minimum absolute atomic E-state index is 0.729. The van der Waals surface area contributed by atoms with E-state index in [9.17, 15) is 0 Å². The van der Waals surface area contributed by atoms with Crippen molar-refractivity contribution in [3.05, 3.63) is 0 Å². The Morgan fingerprint density at radius 2 is 1.53 bits per heavy atom. The van der Waals surface area contributed by atoms with Crippen molar-refractivity contribution in [2.75, 3.05) is 6.61 Å². The summed E-state index contributed by atoms with van der Waals surface area (Å²) in [7, 11) is -1.02. The normalized spacial score (nSPS) is 11.1. The topological polar surface area (TPSA) is 9.23 Å². The van der Waals surface area contributed by atoms with E-state index in [4.69, 9.17) is 4.43 Å². The Bertz CT molecular complexity index is 217. The Morgan fingerprint density at radius 3 is 2.06 bits per heavy atom. The molecule has 1 nitrogen and oxygen atoms in total. The summed E-state index contributed by atoms with van der Waals surface area (Å²) >= 11 is 0. The Balaban J connectivity index is 3.61. The van der Waals surface area contributed by atoms with Gasteiger partial charge in [-0.2, -0.15) is 0 Å². The average molecular weight is 254 g/mol. The molecule has 0 aliphatic heterocycles. The fourth-order valence-electron chi connectivity index (χ4n) is 2.04. The molecule has 0 bridgehead atoms. The van der Waals surface area contributed by atoms with Crippen LogP contribution in [0, 0.1) is 11.8 Å². The van der Waals surface area contributed by atoms with Gasteiger partial charge < -0.3 is 4.43 Å². The lowest BCUT2D eigenvalue weighted by atomic mass is 10.2. The molecule has 17 heavy (non-hydrogen) atoms. The van der Waals surface area contributed by atoms with E-state index in [0.29, 0.717) is 0 Å². The van der Waals surface area contributed by atoms with Crippen LogP contribution in [-0.4, -0.2) is 15.6 Å². The standard InChI is InChI=1S/C15H30OSi/c1-6-7-8-9-10-11-12-13-16-17(14(2)3)15(4)5/h14-15,17H,6-9,12-13H2,1-5H3. The second kappa shape index (κ2) is 10.9. The lowest BCUT2D eigenvalue weighted by molar-refractivity contribution is 0.316. The van der Waals surface area contributed by atoms with E-state index in [1.54, 1.807) is 0 Å². The highest BCUT2D eigenvalue weighted by atomic mass is 28.3. The van der Waals surface area contributed by atoms with Crippen LogP contribution >= 0.6 is 0 Å². The van der Waals surface area contributed by atoms with Gasteiger partial charge in [0.15, 0.2) is 9.04 Å². The van der Waals surface area contributed by atoms with Gasteiger partial charge in [0.25, 0.3) is 0 Å². The minimum atomic E-state index is -1.02. The third kappa shape index (κ3) is 9.44. The first kappa shape index (κ1) is 16.7. The Morgan fingerprint density at radius 1 is 0.941 bits per heavy atom. The molecule has 2 heteroatoms. The van der Waals surface area contributed by atoms with E-state index in [1.165, 1.54) is 19.3 Å².